The van der Waals surface area contributed by atoms with Gasteiger partial charge in [-0.1, -0.05) is 0 Å². The minimum Gasteiger partial charge on any atom is -0.322 e. The SMILES string of the molecule is Cc1cc(F)ccc1NC(=O)c1ccc(-n2c(C)ccc2C)cc1. The van der Waals surface area contributed by atoms with E-state index in [0.717, 1.165) is 17.1 Å². The first kappa shape index (κ1) is 16.0. The number of aryl methyl sites for hydroxylation is 3. The van der Waals surface area contributed by atoms with Crippen LogP contribution < -0.4 is 5.32 Å². The molecule has 24 heavy (non-hydrogen) atoms. The Morgan fingerprint density at radius 3 is 2.12 bits per heavy atom. The van der Waals surface area contributed by atoms with Crippen LogP contribution >= 0.6 is 0 Å². The van der Waals surface area contributed by atoms with Gasteiger partial charge in [0.05, 0.1) is 0 Å². The van der Waals surface area contributed by atoms with Gasteiger partial charge in [-0.15, -0.1) is 0 Å². The lowest BCUT2D eigenvalue weighted by Gasteiger charge is -2.11. The van der Waals surface area contributed by atoms with Crippen molar-refractivity contribution in [3.05, 3.63) is 82.9 Å². The van der Waals surface area contributed by atoms with Crippen molar-refractivity contribution in [3.63, 3.8) is 0 Å². The number of hydrogen-bond acceptors (Lipinski definition) is 1. The van der Waals surface area contributed by atoms with Gasteiger partial charge in [0.25, 0.3) is 5.91 Å². The molecule has 0 unspecified atom stereocenters. The summed E-state index contributed by atoms with van der Waals surface area (Å²) in [6, 6.07) is 15.9. The van der Waals surface area contributed by atoms with Crippen molar-refractivity contribution >= 4 is 11.6 Å². The molecule has 0 aliphatic rings. The molecule has 0 saturated carbocycles. The highest BCUT2D eigenvalue weighted by Gasteiger charge is 2.10. The molecule has 4 heteroatoms. The van der Waals surface area contributed by atoms with E-state index in [9.17, 15) is 9.18 Å². The first-order chi connectivity index (χ1) is 11.5. The lowest BCUT2D eigenvalue weighted by atomic mass is 10.1. The maximum absolute atomic E-state index is 13.1. The second kappa shape index (κ2) is 6.32. The van der Waals surface area contributed by atoms with Crippen molar-refractivity contribution in [2.45, 2.75) is 20.8 Å². The van der Waals surface area contributed by atoms with E-state index in [0.29, 0.717) is 16.8 Å². The van der Waals surface area contributed by atoms with Crippen LogP contribution in [0.4, 0.5) is 10.1 Å². The largest absolute Gasteiger partial charge is 0.322 e. The van der Waals surface area contributed by atoms with Crippen LogP contribution in [0.25, 0.3) is 5.69 Å². The molecule has 3 rings (SSSR count). The van der Waals surface area contributed by atoms with Crippen molar-refractivity contribution < 1.29 is 9.18 Å². The number of nitrogens with zero attached hydrogens (tertiary/aromatic N) is 1. The molecule has 3 nitrogen and oxygen atoms in total. The van der Waals surface area contributed by atoms with E-state index in [1.54, 1.807) is 25.1 Å². The van der Waals surface area contributed by atoms with Gasteiger partial charge < -0.3 is 9.88 Å². The number of hydrogen-bond donors (Lipinski definition) is 1. The maximum Gasteiger partial charge on any atom is 0.255 e. The molecule has 0 radical (unpaired) electrons. The van der Waals surface area contributed by atoms with Gasteiger partial charge in [0.1, 0.15) is 5.82 Å². The molecule has 0 saturated heterocycles. The Morgan fingerprint density at radius 2 is 1.54 bits per heavy atom. The fraction of sp³-hybridized carbons (Fsp3) is 0.150. The topological polar surface area (TPSA) is 34.0 Å². The fourth-order valence-electron chi connectivity index (χ4n) is 2.80. The number of amides is 1. The van der Waals surface area contributed by atoms with E-state index in [-0.39, 0.29) is 11.7 Å². The summed E-state index contributed by atoms with van der Waals surface area (Å²) in [5.74, 6) is -0.524. The van der Waals surface area contributed by atoms with Crippen molar-refractivity contribution in [2.75, 3.05) is 5.32 Å². The number of carbonyl (C=O) groups is 1. The number of benzene rings is 2. The van der Waals surface area contributed by atoms with E-state index in [1.807, 2.05) is 26.0 Å². The number of halogens is 1. The zero-order valence-electron chi connectivity index (χ0n) is 13.9. The Hall–Kier alpha value is -2.88. The highest BCUT2D eigenvalue weighted by Crippen LogP contribution is 2.19. The zero-order chi connectivity index (χ0) is 17.3. The second-order valence-electron chi connectivity index (χ2n) is 5.91. The molecule has 0 bridgehead atoms. The van der Waals surface area contributed by atoms with Crippen LogP contribution in [0.5, 0.6) is 0 Å². The minimum atomic E-state index is -0.313. The first-order valence-electron chi connectivity index (χ1n) is 7.78. The fourth-order valence-corrected chi connectivity index (χ4v) is 2.80. The Morgan fingerprint density at radius 1 is 0.917 bits per heavy atom. The first-order valence-corrected chi connectivity index (χ1v) is 7.78. The summed E-state index contributed by atoms with van der Waals surface area (Å²) in [4.78, 5) is 12.4. The van der Waals surface area contributed by atoms with Crippen LogP contribution in [0.1, 0.15) is 27.3 Å². The van der Waals surface area contributed by atoms with E-state index in [2.05, 4.69) is 22.0 Å². The van der Waals surface area contributed by atoms with Crippen LogP contribution in [0.3, 0.4) is 0 Å². The van der Waals surface area contributed by atoms with Gasteiger partial charge in [0.2, 0.25) is 0 Å². The molecule has 1 amide bonds. The number of rotatable bonds is 3. The Bertz CT molecular complexity index is 875. The van der Waals surface area contributed by atoms with Crippen LogP contribution in [0.2, 0.25) is 0 Å². The lowest BCUT2D eigenvalue weighted by Crippen LogP contribution is -2.13. The molecule has 0 aliphatic heterocycles. The summed E-state index contributed by atoms with van der Waals surface area (Å²) >= 11 is 0. The van der Waals surface area contributed by atoms with Gasteiger partial charge >= 0.3 is 0 Å². The van der Waals surface area contributed by atoms with Gasteiger partial charge in [-0.3, -0.25) is 4.79 Å². The average Bonchev–Trinajstić information content (AvgIpc) is 2.89. The molecule has 2 aromatic carbocycles. The normalized spacial score (nSPS) is 10.7. The van der Waals surface area contributed by atoms with Crippen LogP contribution in [-0.4, -0.2) is 10.5 Å². The second-order valence-corrected chi connectivity index (χ2v) is 5.91. The Kier molecular flexibility index (Phi) is 4.21. The lowest BCUT2D eigenvalue weighted by molar-refractivity contribution is 0.102. The molecular formula is C20H19FN2O. The number of aromatic nitrogens is 1. The summed E-state index contributed by atoms with van der Waals surface area (Å²) in [7, 11) is 0. The molecular weight excluding hydrogens is 303 g/mol. The molecule has 1 N–H and O–H groups in total. The van der Waals surface area contributed by atoms with Crippen LogP contribution in [-0.2, 0) is 0 Å². The van der Waals surface area contributed by atoms with Crippen LogP contribution in [0, 0.1) is 26.6 Å². The van der Waals surface area contributed by atoms with Gasteiger partial charge in [-0.25, -0.2) is 4.39 Å². The average molecular weight is 322 g/mol. The van der Waals surface area contributed by atoms with Crippen molar-refractivity contribution in [1.82, 2.24) is 4.57 Å². The third-order valence-electron chi connectivity index (χ3n) is 4.10. The number of anilines is 1. The van der Waals surface area contributed by atoms with Crippen LogP contribution in [0.15, 0.2) is 54.6 Å². The summed E-state index contributed by atoms with van der Waals surface area (Å²) in [5, 5.41) is 2.82. The van der Waals surface area contributed by atoms with E-state index >= 15 is 0 Å². The predicted octanol–water partition coefficient (Wildman–Crippen LogP) is 4.79. The van der Waals surface area contributed by atoms with Gasteiger partial charge in [0.15, 0.2) is 0 Å². The highest BCUT2D eigenvalue weighted by molar-refractivity contribution is 6.04. The third-order valence-corrected chi connectivity index (χ3v) is 4.10. The number of nitrogens with one attached hydrogen (secondary N) is 1. The molecule has 0 spiro atoms. The zero-order valence-corrected chi connectivity index (χ0v) is 13.9. The molecule has 0 fully saturated rings. The molecule has 1 heterocycles. The summed E-state index contributed by atoms with van der Waals surface area (Å²) in [5.41, 5.74) is 5.17. The molecule has 0 aliphatic carbocycles. The summed E-state index contributed by atoms with van der Waals surface area (Å²) in [6.45, 7) is 5.86. The molecule has 1 aromatic heterocycles. The van der Waals surface area contributed by atoms with Crippen molar-refractivity contribution in [1.29, 1.82) is 0 Å². The van der Waals surface area contributed by atoms with Gasteiger partial charge in [-0.2, -0.15) is 0 Å². The summed E-state index contributed by atoms with van der Waals surface area (Å²) < 4.78 is 15.3. The van der Waals surface area contributed by atoms with E-state index in [1.165, 1.54) is 12.1 Å². The van der Waals surface area contributed by atoms with Crippen molar-refractivity contribution in [3.8, 4) is 5.69 Å². The van der Waals surface area contributed by atoms with Gasteiger partial charge in [-0.05, 0) is 80.9 Å². The number of carbonyl (C=O) groups excluding carboxylic acids is 1. The van der Waals surface area contributed by atoms with Gasteiger partial charge in [0, 0.05) is 28.3 Å². The van der Waals surface area contributed by atoms with E-state index < -0.39 is 0 Å². The quantitative estimate of drug-likeness (QED) is 0.739. The minimum absolute atomic E-state index is 0.211. The maximum atomic E-state index is 13.1. The Labute approximate surface area is 140 Å². The monoisotopic (exact) mass is 322 g/mol. The van der Waals surface area contributed by atoms with Crippen molar-refractivity contribution in [2.24, 2.45) is 0 Å². The van der Waals surface area contributed by atoms with E-state index in [4.69, 9.17) is 0 Å². The standard InChI is InChI=1S/C20H19FN2O/c1-13-12-17(21)8-11-19(13)22-20(24)16-6-9-18(10-7-16)23-14(2)4-5-15(23)3/h4-12H,1-3H3,(H,22,24). The molecule has 3 aromatic rings. The third kappa shape index (κ3) is 3.08. The molecule has 122 valence electrons. The predicted molar refractivity (Wildman–Crippen MR) is 94.3 cm³/mol. The Balaban J connectivity index is 1.81. The summed E-state index contributed by atoms with van der Waals surface area (Å²) in [6.07, 6.45) is 0. The molecule has 0 atom stereocenters. The smallest absolute Gasteiger partial charge is 0.255 e. The highest BCUT2D eigenvalue weighted by atomic mass is 19.1.